The molecule has 2 N–H and O–H groups in total. The number of imidazole rings is 1. The Morgan fingerprint density at radius 3 is 2.65 bits per heavy atom. The average molecular weight is 456 g/mol. The second-order valence-corrected chi connectivity index (χ2v) is 7.99. The number of nitrogens with zero attached hydrogens (tertiary/aromatic N) is 3. The van der Waals surface area contributed by atoms with E-state index in [1.807, 2.05) is 0 Å². The van der Waals surface area contributed by atoms with Gasteiger partial charge in [-0.1, -0.05) is 11.6 Å². The van der Waals surface area contributed by atoms with E-state index in [-0.39, 0.29) is 16.5 Å². The van der Waals surface area contributed by atoms with Gasteiger partial charge in [-0.25, -0.2) is 14.4 Å². The fraction of sp³-hybridized carbons (Fsp3) is 0.0476. The summed E-state index contributed by atoms with van der Waals surface area (Å²) in [5.41, 5.74) is 1.38. The summed E-state index contributed by atoms with van der Waals surface area (Å²) >= 11 is 7.07. The first kappa shape index (κ1) is 20.7. The molecule has 4 rings (SSSR count). The van der Waals surface area contributed by atoms with Crippen LogP contribution < -0.4 is 10.6 Å². The first-order valence-corrected chi connectivity index (χ1v) is 10.2. The van der Waals surface area contributed by atoms with E-state index in [9.17, 15) is 14.0 Å². The number of nitrogens with one attached hydrogen (secondary N) is 2. The topological polar surface area (TPSA) is 88.9 Å². The molecule has 31 heavy (non-hydrogen) atoms. The highest BCUT2D eigenvalue weighted by Gasteiger charge is 2.17. The van der Waals surface area contributed by atoms with Crippen LogP contribution in [0, 0.1) is 12.7 Å². The van der Waals surface area contributed by atoms with Gasteiger partial charge >= 0.3 is 0 Å². The molecule has 1 aromatic carbocycles. The number of hydrogen-bond acceptors (Lipinski definition) is 5. The third-order valence-electron chi connectivity index (χ3n) is 4.31. The van der Waals surface area contributed by atoms with Crippen molar-refractivity contribution < 1.29 is 14.0 Å². The average Bonchev–Trinajstić information content (AvgIpc) is 3.38. The number of aryl methyl sites for hydroxylation is 1. The monoisotopic (exact) mass is 455 g/mol. The van der Waals surface area contributed by atoms with Gasteiger partial charge in [0, 0.05) is 12.4 Å². The van der Waals surface area contributed by atoms with E-state index >= 15 is 0 Å². The Labute approximate surface area is 185 Å². The highest BCUT2D eigenvalue weighted by atomic mass is 35.5. The molecule has 0 aliphatic carbocycles. The summed E-state index contributed by atoms with van der Waals surface area (Å²) in [6.07, 6.45) is 6.60. The zero-order chi connectivity index (χ0) is 22.0. The van der Waals surface area contributed by atoms with E-state index in [2.05, 4.69) is 20.6 Å². The second kappa shape index (κ2) is 8.66. The largest absolute Gasteiger partial charge is 0.320 e. The third-order valence-corrected chi connectivity index (χ3v) is 5.78. The molecule has 0 saturated heterocycles. The van der Waals surface area contributed by atoms with Crippen LogP contribution in [0.15, 0.2) is 61.3 Å². The number of rotatable bonds is 5. The van der Waals surface area contributed by atoms with Crippen LogP contribution in [0.5, 0.6) is 0 Å². The lowest BCUT2D eigenvalue weighted by molar-refractivity contribution is 0.102. The molecule has 0 unspecified atom stereocenters. The van der Waals surface area contributed by atoms with Gasteiger partial charge in [0.2, 0.25) is 0 Å². The molecule has 10 heteroatoms. The number of thiophene rings is 1. The SMILES string of the molecule is Cc1cc(NC(=O)c2ccc(F)cc2Cl)sc1C(=O)Nc1ccc(-n2ccnc2)nc1. The summed E-state index contributed by atoms with van der Waals surface area (Å²) in [4.78, 5) is 33.8. The van der Waals surface area contributed by atoms with E-state index < -0.39 is 11.7 Å². The summed E-state index contributed by atoms with van der Waals surface area (Å²) in [7, 11) is 0. The lowest BCUT2D eigenvalue weighted by atomic mass is 10.2. The number of halogens is 2. The number of carbonyl (C=O) groups excluding carboxylic acids is 2. The minimum Gasteiger partial charge on any atom is -0.320 e. The Hall–Kier alpha value is -3.56. The zero-order valence-corrected chi connectivity index (χ0v) is 17.7. The summed E-state index contributed by atoms with van der Waals surface area (Å²) < 4.78 is 14.9. The Kier molecular flexibility index (Phi) is 5.79. The summed E-state index contributed by atoms with van der Waals surface area (Å²) in [6.45, 7) is 1.77. The minimum absolute atomic E-state index is 0.00962. The molecule has 3 heterocycles. The number of hydrogen-bond donors (Lipinski definition) is 2. The van der Waals surface area contributed by atoms with Gasteiger partial charge in [0.05, 0.1) is 32.3 Å². The van der Waals surface area contributed by atoms with Crippen LogP contribution in [0.1, 0.15) is 25.6 Å². The molecular weight excluding hydrogens is 441 g/mol. The van der Waals surface area contributed by atoms with Crippen molar-refractivity contribution in [1.82, 2.24) is 14.5 Å². The lowest BCUT2D eigenvalue weighted by Crippen LogP contribution is -2.12. The molecule has 0 aliphatic heterocycles. The number of aromatic nitrogens is 3. The Morgan fingerprint density at radius 2 is 1.97 bits per heavy atom. The smallest absolute Gasteiger partial charge is 0.266 e. The molecule has 0 saturated carbocycles. The number of anilines is 2. The predicted molar refractivity (Wildman–Crippen MR) is 118 cm³/mol. The molecule has 0 fully saturated rings. The van der Waals surface area contributed by atoms with Crippen molar-refractivity contribution in [2.45, 2.75) is 6.92 Å². The number of carbonyl (C=O) groups is 2. The first-order valence-electron chi connectivity index (χ1n) is 9.03. The molecule has 0 radical (unpaired) electrons. The van der Waals surface area contributed by atoms with Crippen molar-refractivity contribution in [3.63, 3.8) is 0 Å². The van der Waals surface area contributed by atoms with E-state index in [1.54, 1.807) is 54.6 Å². The van der Waals surface area contributed by atoms with Crippen molar-refractivity contribution in [2.24, 2.45) is 0 Å². The minimum atomic E-state index is -0.528. The van der Waals surface area contributed by atoms with E-state index in [1.165, 1.54) is 6.07 Å². The van der Waals surface area contributed by atoms with Crippen LogP contribution in [0.4, 0.5) is 15.1 Å². The predicted octanol–water partition coefficient (Wildman–Crippen LogP) is 4.93. The number of benzene rings is 1. The normalized spacial score (nSPS) is 10.7. The Balaban J connectivity index is 1.45. The summed E-state index contributed by atoms with van der Waals surface area (Å²) in [5, 5.41) is 5.97. The van der Waals surface area contributed by atoms with Gasteiger partial charge in [-0.3, -0.25) is 14.2 Å². The molecule has 2 amide bonds. The van der Waals surface area contributed by atoms with Crippen LogP contribution in [-0.4, -0.2) is 26.3 Å². The molecule has 4 aromatic rings. The molecule has 3 aromatic heterocycles. The van der Waals surface area contributed by atoms with Gasteiger partial charge in [-0.05, 0) is 48.9 Å². The van der Waals surface area contributed by atoms with Crippen LogP contribution in [0.25, 0.3) is 5.82 Å². The zero-order valence-electron chi connectivity index (χ0n) is 16.1. The van der Waals surface area contributed by atoms with Gasteiger partial charge in [0.15, 0.2) is 0 Å². The van der Waals surface area contributed by atoms with Crippen LogP contribution in [-0.2, 0) is 0 Å². The van der Waals surface area contributed by atoms with Gasteiger partial charge < -0.3 is 10.6 Å². The molecular formula is C21H15ClFN5O2S. The molecule has 0 aliphatic rings. The molecule has 156 valence electrons. The summed E-state index contributed by atoms with van der Waals surface area (Å²) in [6, 6.07) is 8.72. The van der Waals surface area contributed by atoms with Crippen LogP contribution >= 0.6 is 22.9 Å². The quantitative estimate of drug-likeness (QED) is 0.446. The van der Waals surface area contributed by atoms with Gasteiger partial charge in [-0.15, -0.1) is 11.3 Å². The Morgan fingerprint density at radius 1 is 1.13 bits per heavy atom. The fourth-order valence-electron chi connectivity index (χ4n) is 2.82. The van der Waals surface area contributed by atoms with Crippen LogP contribution in [0.3, 0.4) is 0 Å². The third kappa shape index (κ3) is 4.62. The maximum Gasteiger partial charge on any atom is 0.266 e. The maximum atomic E-state index is 13.2. The highest BCUT2D eigenvalue weighted by Crippen LogP contribution is 2.29. The van der Waals surface area contributed by atoms with Crippen molar-refractivity contribution in [2.75, 3.05) is 10.6 Å². The van der Waals surface area contributed by atoms with Crippen molar-refractivity contribution in [3.8, 4) is 5.82 Å². The fourth-order valence-corrected chi connectivity index (χ4v) is 4.03. The highest BCUT2D eigenvalue weighted by molar-refractivity contribution is 7.18. The van der Waals surface area contributed by atoms with E-state index in [0.717, 1.165) is 23.5 Å². The number of pyridine rings is 1. The molecule has 7 nitrogen and oxygen atoms in total. The number of amides is 2. The van der Waals surface area contributed by atoms with Gasteiger partial charge in [0.25, 0.3) is 11.8 Å². The first-order chi connectivity index (χ1) is 14.9. The second-order valence-electron chi connectivity index (χ2n) is 6.53. The van der Waals surface area contributed by atoms with Crippen molar-refractivity contribution >= 4 is 45.4 Å². The lowest BCUT2D eigenvalue weighted by Gasteiger charge is -2.06. The van der Waals surface area contributed by atoms with Gasteiger partial charge in [-0.2, -0.15) is 0 Å². The summed E-state index contributed by atoms with van der Waals surface area (Å²) in [5.74, 6) is -0.662. The standard InChI is InChI=1S/C21H15ClFN5O2S/c1-12-8-18(27-20(29)15-4-2-13(23)9-16(15)22)31-19(12)21(30)26-14-3-5-17(25-10-14)28-7-6-24-11-28/h2-11H,1H3,(H,26,30)(H,27,29). The van der Waals surface area contributed by atoms with Gasteiger partial charge in [0.1, 0.15) is 18.0 Å². The molecule has 0 spiro atoms. The van der Waals surface area contributed by atoms with Crippen molar-refractivity contribution in [1.29, 1.82) is 0 Å². The Bertz CT molecular complexity index is 1260. The maximum absolute atomic E-state index is 13.2. The van der Waals surface area contributed by atoms with Crippen molar-refractivity contribution in [3.05, 3.63) is 88.2 Å². The molecule has 0 atom stereocenters. The van der Waals surface area contributed by atoms with E-state index in [0.29, 0.717) is 26.9 Å². The molecule has 0 bridgehead atoms. The van der Waals surface area contributed by atoms with Crippen LogP contribution in [0.2, 0.25) is 5.02 Å². The van der Waals surface area contributed by atoms with E-state index in [4.69, 9.17) is 11.6 Å².